The van der Waals surface area contributed by atoms with Gasteiger partial charge in [0.15, 0.2) is 0 Å². The molecule has 0 heterocycles. The zero-order valence-corrected chi connectivity index (χ0v) is 3.73. The smallest absolute Gasteiger partial charge is 0.0192 e. The largest absolute Gasteiger partial charge is 0.394 e. The van der Waals surface area contributed by atoms with Crippen LogP contribution in [0.4, 0.5) is 0 Å². The summed E-state index contributed by atoms with van der Waals surface area (Å²) in [6.07, 6.45) is 4.52. The molecule has 0 aromatic heterocycles. The predicted octanol–water partition coefficient (Wildman–Crippen LogP) is 0.369. The second-order valence-corrected chi connectivity index (χ2v) is 0.814. The molecule has 0 fully saturated rings. The van der Waals surface area contributed by atoms with Crippen molar-refractivity contribution in [3.8, 4) is 0 Å². The molecule has 0 aliphatic carbocycles. The van der Waals surface area contributed by atoms with E-state index >= 15 is 0 Å². The molecule has 0 unspecified atom stereocenters. The van der Waals surface area contributed by atoms with Crippen molar-refractivity contribution in [3.05, 3.63) is 12.3 Å². The van der Waals surface area contributed by atoms with Gasteiger partial charge < -0.3 is 10.7 Å². The lowest BCUT2D eigenvalue weighted by Gasteiger charge is -1.75. The maximum absolute atomic E-state index is 6.45. The quantitative estimate of drug-likeness (QED) is 0.466. The summed E-state index contributed by atoms with van der Waals surface area (Å²) in [5, 5.41) is 9.19. The lowest BCUT2D eigenvalue weighted by molar-refractivity contribution is 1.11. The van der Waals surface area contributed by atoms with Crippen molar-refractivity contribution in [2.45, 2.75) is 0 Å². The van der Waals surface area contributed by atoms with Gasteiger partial charge in [0.05, 0.1) is 0 Å². The topological polar surface area (TPSA) is 35.9 Å². The van der Waals surface area contributed by atoms with E-state index in [1.165, 1.54) is 6.21 Å². The summed E-state index contributed by atoms with van der Waals surface area (Å²) >= 11 is 0. The summed E-state index contributed by atoms with van der Waals surface area (Å²) < 4.78 is 0. The number of allylic oxidation sites excluding steroid dienone is 1. The Kier molecular flexibility index (Phi) is 3.66. The minimum absolute atomic E-state index is 1.22. The first-order chi connectivity index (χ1) is 2.91. The van der Waals surface area contributed by atoms with Gasteiger partial charge in [-0.25, -0.2) is 0 Å². The first kappa shape index (κ1) is 5.21. The first-order valence-corrected chi connectivity index (χ1v) is 1.74. The fourth-order valence-electron chi connectivity index (χ4n) is 0.144. The summed E-state index contributed by atoms with van der Waals surface area (Å²) in [6.45, 7) is 0. The molecule has 6 heavy (non-hydrogen) atoms. The number of rotatable bonds is 2. The molecule has 0 aliphatic heterocycles. The molecule has 0 amide bonds. The van der Waals surface area contributed by atoms with E-state index in [1.807, 2.05) is 0 Å². The van der Waals surface area contributed by atoms with E-state index in [9.17, 15) is 0 Å². The molecule has 0 aromatic rings. The molecule has 2 nitrogen and oxygen atoms in total. The minimum atomic E-state index is 1.22. The Morgan fingerprint density at radius 2 is 2.33 bits per heavy atom. The van der Waals surface area contributed by atoms with Crippen LogP contribution in [-0.4, -0.2) is 13.3 Å². The Morgan fingerprint density at radius 1 is 1.67 bits per heavy atom. The van der Waals surface area contributed by atoms with Crippen molar-refractivity contribution < 1.29 is 0 Å². The lowest BCUT2D eigenvalue weighted by atomic mass is 10.7. The molecule has 0 bridgehead atoms. The van der Waals surface area contributed by atoms with Crippen LogP contribution in [0.1, 0.15) is 0 Å². The summed E-state index contributed by atoms with van der Waals surface area (Å²) in [6, 6.07) is 0. The van der Waals surface area contributed by atoms with E-state index in [1.54, 1.807) is 19.3 Å². The first-order valence-electron chi connectivity index (χ1n) is 1.74. The van der Waals surface area contributed by atoms with Gasteiger partial charge in [0.1, 0.15) is 0 Å². The van der Waals surface area contributed by atoms with Crippen LogP contribution in [0, 0.1) is 5.41 Å². The molecule has 0 saturated heterocycles. The normalized spacial score (nSPS) is 8.83. The molecule has 0 saturated carbocycles. The van der Waals surface area contributed by atoms with E-state index < -0.39 is 0 Å². The van der Waals surface area contributed by atoms with Gasteiger partial charge in [-0.15, -0.1) is 0 Å². The Balaban J connectivity index is 2.94. The molecule has 0 spiro atoms. The molecule has 2 heteroatoms. The molecule has 2 N–H and O–H groups in total. The highest BCUT2D eigenvalue weighted by Gasteiger charge is 1.51. The van der Waals surface area contributed by atoms with Gasteiger partial charge >= 0.3 is 0 Å². The van der Waals surface area contributed by atoms with Crippen molar-refractivity contribution in [2.24, 2.45) is 0 Å². The molecular weight excluding hydrogens is 76.1 g/mol. The molecular formula is C4H8N2. The highest BCUT2D eigenvalue weighted by molar-refractivity contribution is 5.67. The van der Waals surface area contributed by atoms with Gasteiger partial charge in [0.25, 0.3) is 0 Å². The highest BCUT2D eigenvalue weighted by Crippen LogP contribution is 1.52. The maximum Gasteiger partial charge on any atom is 0.0192 e. The van der Waals surface area contributed by atoms with Crippen molar-refractivity contribution in [3.63, 3.8) is 0 Å². The fourth-order valence-corrected chi connectivity index (χ4v) is 0.144. The average Bonchev–Trinajstić information content (AvgIpc) is 1.61. The van der Waals surface area contributed by atoms with E-state index in [-0.39, 0.29) is 0 Å². The van der Waals surface area contributed by atoms with E-state index in [4.69, 9.17) is 5.41 Å². The van der Waals surface area contributed by atoms with E-state index in [2.05, 4.69) is 5.32 Å². The van der Waals surface area contributed by atoms with Gasteiger partial charge in [-0.3, -0.25) is 0 Å². The van der Waals surface area contributed by atoms with Crippen LogP contribution in [0.5, 0.6) is 0 Å². The summed E-state index contributed by atoms with van der Waals surface area (Å²) in [7, 11) is 1.79. The average molecular weight is 84.1 g/mol. The molecule has 0 aromatic carbocycles. The van der Waals surface area contributed by atoms with Crippen LogP contribution in [0.25, 0.3) is 0 Å². The van der Waals surface area contributed by atoms with Crippen molar-refractivity contribution in [1.82, 2.24) is 5.32 Å². The highest BCUT2D eigenvalue weighted by atomic mass is 14.8. The number of nitrogens with one attached hydrogen (secondary N) is 2. The Bertz CT molecular complexity index is 56.6. The lowest BCUT2D eigenvalue weighted by Crippen LogP contribution is -1.90. The molecule has 0 aliphatic rings. The second kappa shape index (κ2) is 4.21. The van der Waals surface area contributed by atoms with Gasteiger partial charge in [0.2, 0.25) is 0 Å². The van der Waals surface area contributed by atoms with Gasteiger partial charge in [-0.1, -0.05) is 0 Å². The van der Waals surface area contributed by atoms with Crippen LogP contribution in [-0.2, 0) is 0 Å². The Hall–Kier alpha value is -0.790. The van der Waals surface area contributed by atoms with Crippen molar-refractivity contribution in [1.29, 1.82) is 5.41 Å². The van der Waals surface area contributed by atoms with Crippen LogP contribution in [0.3, 0.4) is 0 Å². The third-order valence-corrected chi connectivity index (χ3v) is 0.359. The van der Waals surface area contributed by atoms with Crippen LogP contribution >= 0.6 is 0 Å². The number of hydrogen-bond acceptors (Lipinski definition) is 2. The third kappa shape index (κ3) is 3.21. The van der Waals surface area contributed by atoms with E-state index in [0.717, 1.165) is 0 Å². The van der Waals surface area contributed by atoms with Gasteiger partial charge in [-0.2, -0.15) is 0 Å². The van der Waals surface area contributed by atoms with Crippen molar-refractivity contribution >= 4 is 6.21 Å². The molecule has 0 rings (SSSR count). The number of hydrogen-bond donors (Lipinski definition) is 2. The van der Waals surface area contributed by atoms with Crippen molar-refractivity contribution in [2.75, 3.05) is 7.05 Å². The van der Waals surface area contributed by atoms with Crippen LogP contribution in [0.15, 0.2) is 12.3 Å². The molecule has 0 radical (unpaired) electrons. The third-order valence-electron chi connectivity index (χ3n) is 0.359. The predicted molar refractivity (Wildman–Crippen MR) is 27.0 cm³/mol. The van der Waals surface area contributed by atoms with Crippen LogP contribution < -0.4 is 5.32 Å². The summed E-state index contributed by atoms with van der Waals surface area (Å²) in [5.74, 6) is 0. The Labute approximate surface area is 37.4 Å². The zero-order valence-electron chi connectivity index (χ0n) is 3.73. The van der Waals surface area contributed by atoms with Crippen LogP contribution in [0.2, 0.25) is 0 Å². The van der Waals surface area contributed by atoms with E-state index in [0.29, 0.717) is 0 Å². The Morgan fingerprint density at radius 3 is 2.50 bits per heavy atom. The van der Waals surface area contributed by atoms with Gasteiger partial charge in [0, 0.05) is 13.3 Å². The summed E-state index contributed by atoms with van der Waals surface area (Å²) in [5.41, 5.74) is 0. The maximum atomic E-state index is 6.45. The minimum Gasteiger partial charge on any atom is -0.394 e. The second-order valence-electron chi connectivity index (χ2n) is 0.814. The standard InChI is InChI=1S/C4H8N2/c1-6-4-2-3-5/h2-6H,1H3/b4-2-,5-3?. The SMILES string of the molecule is CN/C=C\C=N. The molecule has 0 atom stereocenters. The zero-order chi connectivity index (χ0) is 4.83. The summed E-state index contributed by atoms with van der Waals surface area (Å²) in [4.78, 5) is 0. The monoisotopic (exact) mass is 84.1 g/mol. The van der Waals surface area contributed by atoms with Gasteiger partial charge in [-0.05, 0) is 12.3 Å². The molecule has 34 valence electrons. The fraction of sp³-hybridized carbons (Fsp3) is 0.250.